The van der Waals surface area contributed by atoms with Crippen LogP contribution in [-0.2, 0) is 11.2 Å². The first-order valence-electron chi connectivity index (χ1n) is 5.36. The van der Waals surface area contributed by atoms with Gasteiger partial charge in [0.15, 0.2) is 0 Å². The summed E-state index contributed by atoms with van der Waals surface area (Å²) in [6.07, 6.45) is -5.91. The Bertz CT molecular complexity index is 573. The van der Waals surface area contributed by atoms with Gasteiger partial charge < -0.3 is 11.1 Å². The topological polar surface area (TPSA) is 55.1 Å². The summed E-state index contributed by atoms with van der Waals surface area (Å²) in [5.41, 5.74) is 5.04. The first kappa shape index (κ1) is 15.0. The normalized spacial score (nSPS) is 16.9. The number of amides is 1. The fraction of sp³-hybridized carbons (Fsp3) is 0.364. The maximum Gasteiger partial charge on any atom is 0.455 e. The Morgan fingerprint density at radius 2 is 1.85 bits per heavy atom. The van der Waals surface area contributed by atoms with Crippen LogP contribution in [0.2, 0.25) is 5.02 Å². The van der Waals surface area contributed by atoms with E-state index < -0.39 is 29.6 Å². The number of hydrogen-bond acceptors (Lipinski definition) is 2. The SMILES string of the molecule is NC(c1cc2c(cc1Cl)NC(=O)C2)C(F)(F)C(F)(F)F. The number of nitrogens with one attached hydrogen (secondary N) is 1. The van der Waals surface area contributed by atoms with Crippen molar-refractivity contribution in [3.05, 3.63) is 28.3 Å². The van der Waals surface area contributed by atoms with Crippen LogP contribution >= 0.6 is 11.6 Å². The molecule has 0 radical (unpaired) electrons. The molecule has 1 aliphatic rings. The molecule has 20 heavy (non-hydrogen) atoms. The van der Waals surface area contributed by atoms with Gasteiger partial charge in [-0.15, -0.1) is 0 Å². The summed E-state index contributed by atoms with van der Waals surface area (Å²) < 4.78 is 63.3. The Morgan fingerprint density at radius 1 is 1.25 bits per heavy atom. The van der Waals surface area contributed by atoms with Gasteiger partial charge in [-0.3, -0.25) is 4.79 Å². The van der Waals surface area contributed by atoms with Gasteiger partial charge in [0, 0.05) is 10.7 Å². The van der Waals surface area contributed by atoms with Crippen LogP contribution in [0.3, 0.4) is 0 Å². The lowest BCUT2D eigenvalue weighted by Crippen LogP contribution is -2.46. The average molecular weight is 315 g/mol. The molecular formula is C11H8ClF5N2O. The van der Waals surface area contributed by atoms with Crippen molar-refractivity contribution in [2.24, 2.45) is 5.73 Å². The third-order valence-electron chi connectivity index (χ3n) is 2.95. The zero-order chi connectivity index (χ0) is 15.3. The van der Waals surface area contributed by atoms with E-state index in [1.54, 1.807) is 0 Å². The molecule has 1 aliphatic heterocycles. The van der Waals surface area contributed by atoms with Crippen molar-refractivity contribution in [1.29, 1.82) is 0 Å². The number of carbonyl (C=O) groups is 1. The molecule has 1 aromatic rings. The van der Waals surface area contributed by atoms with Crippen molar-refractivity contribution < 1.29 is 26.7 Å². The van der Waals surface area contributed by atoms with Crippen LogP contribution in [0.1, 0.15) is 17.2 Å². The second-order valence-electron chi connectivity index (χ2n) is 4.35. The van der Waals surface area contributed by atoms with E-state index in [-0.39, 0.29) is 22.7 Å². The Hall–Kier alpha value is -1.41. The molecule has 110 valence electrons. The summed E-state index contributed by atoms with van der Waals surface area (Å²) in [7, 11) is 0. The lowest BCUT2D eigenvalue weighted by Gasteiger charge is -2.26. The first-order chi connectivity index (χ1) is 9.04. The summed E-state index contributed by atoms with van der Waals surface area (Å²) in [6.45, 7) is 0. The average Bonchev–Trinajstić information content (AvgIpc) is 2.64. The molecule has 3 N–H and O–H groups in total. The third-order valence-corrected chi connectivity index (χ3v) is 3.28. The lowest BCUT2D eigenvalue weighted by atomic mass is 9.98. The minimum Gasteiger partial charge on any atom is -0.325 e. The second kappa shape index (κ2) is 4.56. The number of rotatable bonds is 2. The van der Waals surface area contributed by atoms with Crippen molar-refractivity contribution in [3.8, 4) is 0 Å². The van der Waals surface area contributed by atoms with Gasteiger partial charge in [-0.05, 0) is 23.3 Å². The molecule has 1 unspecified atom stereocenters. The molecule has 0 saturated carbocycles. The van der Waals surface area contributed by atoms with Gasteiger partial charge in [0.1, 0.15) is 6.04 Å². The Kier molecular flexibility index (Phi) is 3.42. The zero-order valence-electron chi connectivity index (χ0n) is 9.69. The van der Waals surface area contributed by atoms with Crippen LogP contribution in [0, 0.1) is 0 Å². The fourth-order valence-electron chi connectivity index (χ4n) is 1.88. The Labute approximate surface area is 114 Å². The van der Waals surface area contributed by atoms with Gasteiger partial charge >= 0.3 is 12.1 Å². The van der Waals surface area contributed by atoms with Crippen molar-refractivity contribution in [2.45, 2.75) is 24.6 Å². The van der Waals surface area contributed by atoms with Crippen molar-refractivity contribution >= 4 is 23.2 Å². The summed E-state index contributed by atoms with van der Waals surface area (Å²) >= 11 is 5.67. The zero-order valence-corrected chi connectivity index (χ0v) is 10.4. The summed E-state index contributed by atoms with van der Waals surface area (Å²) in [4.78, 5) is 11.1. The highest BCUT2D eigenvalue weighted by atomic mass is 35.5. The van der Waals surface area contributed by atoms with E-state index in [0.29, 0.717) is 0 Å². The first-order valence-corrected chi connectivity index (χ1v) is 5.74. The highest BCUT2D eigenvalue weighted by Gasteiger charge is 2.62. The van der Waals surface area contributed by atoms with Gasteiger partial charge in [-0.1, -0.05) is 11.6 Å². The van der Waals surface area contributed by atoms with E-state index in [1.165, 1.54) is 0 Å². The minimum absolute atomic E-state index is 0.121. The smallest absolute Gasteiger partial charge is 0.325 e. The molecule has 1 aromatic carbocycles. The molecule has 9 heteroatoms. The van der Waals surface area contributed by atoms with Crippen LogP contribution in [-0.4, -0.2) is 18.0 Å². The maximum absolute atomic E-state index is 13.2. The Balaban J connectivity index is 2.44. The molecule has 2 rings (SSSR count). The number of carbonyl (C=O) groups excluding carboxylic acids is 1. The lowest BCUT2D eigenvalue weighted by molar-refractivity contribution is -0.290. The molecule has 0 aliphatic carbocycles. The predicted octanol–water partition coefficient (Wildman–Crippen LogP) is 3.03. The third kappa shape index (κ3) is 2.33. The summed E-state index contributed by atoms with van der Waals surface area (Å²) in [5.74, 6) is -5.52. The number of hydrogen-bond donors (Lipinski definition) is 2. The maximum atomic E-state index is 13.2. The van der Waals surface area contributed by atoms with Crippen LogP contribution in [0.15, 0.2) is 12.1 Å². The van der Waals surface area contributed by atoms with Gasteiger partial charge in [-0.2, -0.15) is 22.0 Å². The van der Waals surface area contributed by atoms with Crippen LogP contribution in [0.4, 0.5) is 27.6 Å². The highest BCUT2D eigenvalue weighted by molar-refractivity contribution is 6.32. The second-order valence-corrected chi connectivity index (χ2v) is 4.76. The van der Waals surface area contributed by atoms with Crippen molar-refractivity contribution in [3.63, 3.8) is 0 Å². The van der Waals surface area contributed by atoms with E-state index in [0.717, 1.165) is 12.1 Å². The van der Waals surface area contributed by atoms with Crippen molar-refractivity contribution in [2.75, 3.05) is 5.32 Å². The molecule has 0 saturated heterocycles. The number of nitrogens with two attached hydrogens (primary N) is 1. The highest BCUT2D eigenvalue weighted by Crippen LogP contribution is 2.45. The summed E-state index contributed by atoms with van der Waals surface area (Å²) in [6, 6.07) is -0.528. The molecule has 1 atom stereocenters. The number of benzene rings is 1. The van der Waals surface area contributed by atoms with Crippen LogP contribution < -0.4 is 11.1 Å². The number of anilines is 1. The monoisotopic (exact) mass is 314 g/mol. The molecule has 1 amide bonds. The molecule has 0 fully saturated rings. The molecule has 0 aromatic heterocycles. The molecule has 3 nitrogen and oxygen atoms in total. The summed E-state index contributed by atoms with van der Waals surface area (Å²) in [5, 5.41) is 2.04. The van der Waals surface area contributed by atoms with Gasteiger partial charge in [0.05, 0.1) is 6.42 Å². The van der Waals surface area contributed by atoms with Crippen LogP contribution in [0.25, 0.3) is 0 Å². The van der Waals surface area contributed by atoms with Crippen LogP contribution in [0.5, 0.6) is 0 Å². The largest absolute Gasteiger partial charge is 0.455 e. The van der Waals surface area contributed by atoms with E-state index >= 15 is 0 Å². The van der Waals surface area contributed by atoms with Gasteiger partial charge in [0.25, 0.3) is 0 Å². The standard InChI is InChI=1S/C11H8ClF5N2O/c12-6-3-7-4(2-8(20)19-7)1-5(6)9(18)10(13,14)11(15,16)17/h1,3,9H,2,18H2,(H,19,20). The number of alkyl halides is 5. The molecule has 1 heterocycles. The fourth-order valence-corrected chi connectivity index (χ4v) is 2.16. The van der Waals surface area contributed by atoms with E-state index in [2.05, 4.69) is 5.32 Å². The van der Waals surface area contributed by atoms with Gasteiger partial charge in [-0.25, -0.2) is 0 Å². The molecule has 0 bridgehead atoms. The van der Waals surface area contributed by atoms with E-state index in [9.17, 15) is 26.7 Å². The van der Waals surface area contributed by atoms with Crippen molar-refractivity contribution in [1.82, 2.24) is 0 Å². The molecular weight excluding hydrogens is 307 g/mol. The quantitative estimate of drug-likeness (QED) is 0.824. The number of fused-ring (bicyclic) bond motifs is 1. The Morgan fingerprint density at radius 3 is 2.40 bits per heavy atom. The predicted molar refractivity (Wildman–Crippen MR) is 61.7 cm³/mol. The minimum atomic E-state index is -5.79. The van der Waals surface area contributed by atoms with E-state index in [4.69, 9.17) is 17.3 Å². The number of halogens is 6. The van der Waals surface area contributed by atoms with E-state index in [1.807, 2.05) is 0 Å². The van der Waals surface area contributed by atoms with Gasteiger partial charge in [0.2, 0.25) is 5.91 Å². The molecule has 0 spiro atoms.